The van der Waals surface area contributed by atoms with E-state index in [-0.39, 0.29) is 36.4 Å². The zero-order valence-corrected chi connectivity index (χ0v) is 24.3. The minimum absolute atomic E-state index is 0.0885. The molecular weight excluding hydrogens is 536 g/mol. The predicted molar refractivity (Wildman–Crippen MR) is 160 cm³/mol. The summed E-state index contributed by atoms with van der Waals surface area (Å²) in [7, 11) is 0. The molecular formula is C32H38N4O6. The maximum absolute atomic E-state index is 12.9. The monoisotopic (exact) mass is 574 g/mol. The van der Waals surface area contributed by atoms with Gasteiger partial charge in [0.2, 0.25) is 0 Å². The minimum atomic E-state index is -0.897. The molecule has 0 saturated carbocycles. The Morgan fingerprint density at radius 1 is 0.548 bits per heavy atom. The summed E-state index contributed by atoms with van der Waals surface area (Å²) in [6.45, 7) is 7.36. The van der Waals surface area contributed by atoms with Crippen LogP contribution in [0.2, 0.25) is 0 Å². The Bertz CT molecular complexity index is 1230. The van der Waals surface area contributed by atoms with E-state index in [2.05, 4.69) is 21.3 Å². The molecule has 222 valence electrons. The number of urea groups is 2. The van der Waals surface area contributed by atoms with Gasteiger partial charge in [-0.3, -0.25) is 0 Å². The highest BCUT2D eigenvalue weighted by Gasteiger charge is 2.27. The number of esters is 2. The maximum Gasteiger partial charge on any atom is 0.329 e. The molecule has 0 unspecified atom stereocenters. The fourth-order valence-electron chi connectivity index (χ4n) is 3.93. The second kappa shape index (κ2) is 15.8. The molecule has 0 radical (unpaired) electrons. The van der Waals surface area contributed by atoms with Gasteiger partial charge in [0.1, 0.15) is 25.3 Å². The normalized spacial score (nSPS) is 12.1. The molecule has 0 fully saturated rings. The molecule has 42 heavy (non-hydrogen) atoms. The quantitative estimate of drug-likeness (QED) is 0.212. The fourth-order valence-corrected chi connectivity index (χ4v) is 3.93. The van der Waals surface area contributed by atoms with Crippen molar-refractivity contribution in [3.05, 3.63) is 96.1 Å². The molecule has 0 bridgehead atoms. The van der Waals surface area contributed by atoms with Gasteiger partial charge in [-0.25, -0.2) is 19.2 Å². The SMILES string of the molecule is CC(C)[C@@H](NC(=O)Nc1ccccc1NC(=O)N[C@@H](C(=O)OCc1ccccc1)C(C)C)C(=O)OCc1ccccc1. The number of carbonyl (C=O) groups is 4. The van der Waals surface area contributed by atoms with Gasteiger partial charge in [-0.15, -0.1) is 0 Å². The number of amides is 4. The van der Waals surface area contributed by atoms with Gasteiger partial charge in [-0.2, -0.15) is 0 Å². The van der Waals surface area contributed by atoms with Crippen LogP contribution >= 0.6 is 0 Å². The van der Waals surface area contributed by atoms with Crippen molar-refractivity contribution < 1.29 is 28.7 Å². The number of rotatable bonds is 12. The van der Waals surface area contributed by atoms with E-state index in [4.69, 9.17) is 9.47 Å². The maximum atomic E-state index is 12.9. The Labute approximate surface area is 246 Å². The first-order valence-corrected chi connectivity index (χ1v) is 13.8. The van der Waals surface area contributed by atoms with Crippen LogP contribution in [0.3, 0.4) is 0 Å². The molecule has 0 aliphatic rings. The van der Waals surface area contributed by atoms with E-state index in [1.54, 1.807) is 52.0 Å². The molecule has 0 heterocycles. The highest BCUT2D eigenvalue weighted by Crippen LogP contribution is 2.21. The molecule has 0 spiro atoms. The Kier molecular flexibility index (Phi) is 11.9. The van der Waals surface area contributed by atoms with Crippen LogP contribution in [0, 0.1) is 11.8 Å². The van der Waals surface area contributed by atoms with E-state index in [1.165, 1.54) is 0 Å². The molecule has 3 aromatic carbocycles. The van der Waals surface area contributed by atoms with E-state index in [0.717, 1.165) is 11.1 Å². The topological polar surface area (TPSA) is 135 Å². The van der Waals surface area contributed by atoms with Gasteiger partial charge in [-0.05, 0) is 35.1 Å². The number of para-hydroxylation sites is 2. The number of benzene rings is 3. The first-order valence-electron chi connectivity index (χ1n) is 13.8. The van der Waals surface area contributed by atoms with Crippen molar-refractivity contribution >= 4 is 35.4 Å². The number of carbonyl (C=O) groups excluding carboxylic acids is 4. The van der Waals surface area contributed by atoms with Crippen LogP contribution in [0.25, 0.3) is 0 Å². The number of ether oxygens (including phenoxy) is 2. The van der Waals surface area contributed by atoms with Crippen LogP contribution in [0.4, 0.5) is 21.0 Å². The number of anilines is 2. The zero-order valence-electron chi connectivity index (χ0n) is 24.3. The molecule has 4 amide bonds. The van der Waals surface area contributed by atoms with Crippen molar-refractivity contribution in [2.75, 3.05) is 10.6 Å². The molecule has 0 saturated heterocycles. The highest BCUT2D eigenvalue weighted by atomic mass is 16.5. The molecule has 4 N–H and O–H groups in total. The molecule has 2 atom stereocenters. The van der Waals surface area contributed by atoms with Crippen LogP contribution in [0.1, 0.15) is 38.8 Å². The molecule has 10 nitrogen and oxygen atoms in total. The van der Waals surface area contributed by atoms with E-state index < -0.39 is 36.1 Å². The Morgan fingerprint density at radius 2 is 0.881 bits per heavy atom. The molecule has 3 aromatic rings. The van der Waals surface area contributed by atoms with Crippen molar-refractivity contribution in [3.8, 4) is 0 Å². The van der Waals surface area contributed by atoms with Crippen LogP contribution in [-0.4, -0.2) is 36.1 Å². The summed E-state index contributed by atoms with van der Waals surface area (Å²) in [6, 6.07) is 22.0. The predicted octanol–water partition coefficient (Wildman–Crippen LogP) is 5.47. The third-order valence-corrected chi connectivity index (χ3v) is 6.29. The average molecular weight is 575 g/mol. The second-order valence-electron chi connectivity index (χ2n) is 10.4. The van der Waals surface area contributed by atoms with Crippen molar-refractivity contribution in [3.63, 3.8) is 0 Å². The first-order chi connectivity index (χ1) is 20.1. The van der Waals surface area contributed by atoms with Crippen molar-refractivity contribution in [2.24, 2.45) is 11.8 Å². The van der Waals surface area contributed by atoms with Gasteiger partial charge in [0.25, 0.3) is 0 Å². The van der Waals surface area contributed by atoms with Crippen LogP contribution in [0.5, 0.6) is 0 Å². The third-order valence-electron chi connectivity index (χ3n) is 6.29. The van der Waals surface area contributed by atoms with Gasteiger partial charge >= 0.3 is 24.0 Å². The Hall–Kier alpha value is -4.86. The van der Waals surface area contributed by atoms with Crippen molar-refractivity contribution in [1.82, 2.24) is 10.6 Å². The average Bonchev–Trinajstić information content (AvgIpc) is 2.98. The lowest BCUT2D eigenvalue weighted by Gasteiger charge is -2.23. The summed E-state index contributed by atoms with van der Waals surface area (Å²) in [5.41, 5.74) is 2.25. The summed E-state index contributed by atoms with van der Waals surface area (Å²) in [5.74, 6) is -1.61. The summed E-state index contributed by atoms with van der Waals surface area (Å²) >= 11 is 0. The van der Waals surface area contributed by atoms with E-state index in [1.807, 2.05) is 60.7 Å². The zero-order chi connectivity index (χ0) is 30.5. The lowest BCUT2D eigenvalue weighted by Crippen LogP contribution is -2.47. The summed E-state index contributed by atoms with van der Waals surface area (Å²) in [5, 5.41) is 10.7. The molecule has 0 aromatic heterocycles. The van der Waals surface area contributed by atoms with Gasteiger partial charge in [-0.1, -0.05) is 100 Å². The first kappa shape index (κ1) is 31.7. The molecule has 0 aliphatic heterocycles. The van der Waals surface area contributed by atoms with Gasteiger partial charge in [0.05, 0.1) is 11.4 Å². The number of nitrogens with one attached hydrogen (secondary N) is 4. The van der Waals surface area contributed by atoms with Crippen LogP contribution in [-0.2, 0) is 32.3 Å². The van der Waals surface area contributed by atoms with E-state index in [0.29, 0.717) is 0 Å². The van der Waals surface area contributed by atoms with Gasteiger partial charge in [0.15, 0.2) is 0 Å². The summed E-state index contributed by atoms with van der Waals surface area (Å²) in [4.78, 5) is 51.2. The highest BCUT2D eigenvalue weighted by molar-refractivity contribution is 6.00. The number of hydrogen-bond donors (Lipinski definition) is 4. The number of hydrogen-bond acceptors (Lipinski definition) is 6. The largest absolute Gasteiger partial charge is 0.459 e. The summed E-state index contributed by atoms with van der Waals surface area (Å²) < 4.78 is 10.8. The van der Waals surface area contributed by atoms with E-state index in [9.17, 15) is 19.2 Å². The minimum Gasteiger partial charge on any atom is -0.459 e. The van der Waals surface area contributed by atoms with Crippen molar-refractivity contribution in [2.45, 2.75) is 53.0 Å². The Morgan fingerprint density at radius 3 is 1.21 bits per heavy atom. The van der Waals surface area contributed by atoms with Gasteiger partial charge in [0, 0.05) is 0 Å². The molecule has 0 aliphatic carbocycles. The second-order valence-corrected chi connectivity index (χ2v) is 10.4. The molecule has 10 heteroatoms. The fraction of sp³-hybridized carbons (Fsp3) is 0.312. The van der Waals surface area contributed by atoms with Crippen molar-refractivity contribution in [1.29, 1.82) is 0 Å². The van der Waals surface area contributed by atoms with Gasteiger partial charge < -0.3 is 30.7 Å². The smallest absolute Gasteiger partial charge is 0.329 e. The standard InChI is InChI=1S/C32H38N4O6/c1-21(2)27(29(37)41-19-23-13-7-5-8-14-23)35-31(39)33-25-17-11-12-18-26(25)34-32(40)36-28(22(3)4)30(38)42-20-24-15-9-6-10-16-24/h5-18,21-22,27-28H,19-20H2,1-4H3,(H2,33,35,39)(H2,34,36,40)/t27-,28-/m1/s1. The lowest BCUT2D eigenvalue weighted by molar-refractivity contribution is -0.149. The van der Waals surface area contributed by atoms with Crippen LogP contribution < -0.4 is 21.3 Å². The van der Waals surface area contributed by atoms with E-state index >= 15 is 0 Å². The Balaban J connectivity index is 1.58. The summed E-state index contributed by atoms with van der Waals surface area (Å²) in [6.07, 6.45) is 0. The lowest BCUT2D eigenvalue weighted by atomic mass is 10.0. The molecule has 3 rings (SSSR count). The van der Waals surface area contributed by atoms with Crippen LogP contribution in [0.15, 0.2) is 84.9 Å². The third kappa shape index (κ3) is 9.96.